The number of anilines is 1. The van der Waals surface area contributed by atoms with Gasteiger partial charge in [-0.25, -0.2) is 4.98 Å². The van der Waals surface area contributed by atoms with Gasteiger partial charge < -0.3 is 4.90 Å². The lowest BCUT2D eigenvalue weighted by atomic mass is 9.99. The number of rotatable bonds is 4. The van der Waals surface area contributed by atoms with Crippen LogP contribution in [0.1, 0.15) is 35.5 Å². The zero-order valence-corrected chi connectivity index (χ0v) is 16.2. The van der Waals surface area contributed by atoms with Crippen molar-refractivity contribution in [1.29, 1.82) is 0 Å². The van der Waals surface area contributed by atoms with Gasteiger partial charge in [0.1, 0.15) is 5.01 Å². The monoisotopic (exact) mass is 365 g/mol. The summed E-state index contributed by atoms with van der Waals surface area (Å²) in [6.07, 6.45) is 1.44. The second-order valence-electron chi connectivity index (χ2n) is 7.03. The first-order valence-electron chi connectivity index (χ1n) is 8.97. The van der Waals surface area contributed by atoms with Crippen LogP contribution in [0.3, 0.4) is 0 Å². The van der Waals surface area contributed by atoms with E-state index in [1.165, 1.54) is 15.8 Å². The Hall–Kier alpha value is -2.24. The molecule has 5 heteroatoms. The van der Waals surface area contributed by atoms with Crippen LogP contribution in [0.2, 0.25) is 0 Å². The maximum atomic E-state index is 11.9. The topological polar surface area (TPSA) is 36.4 Å². The summed E-state index contributed by atoms with van der Waals surface area (Å²) in [5.41, 5.74) is 4.67. The SMILES string of the molecule is CC(c1nc2ccccc2s1)N(C)Cc1ccc2c(c1)CCC(=O)N2C. The van der Waals surface area contributed by atoms with E-state index < -0.39 is 0 Å². The second kappa shape index (κ2) is 6.82. The van der Waals surface area contributed by atoms with E-state index >= 15 is 0 Å². The molecule has 1 unspecified atom stereocenters. The zero-order valence-electron chi connectivity index (χ0n) is 15.4. The molecule has 2 aromatic carbocycles. The molecule has 1 aliphatic heterocycles. The fourth-order valence-electron chi connectivity index (χ4n) is 3.49. The Balaban J connectivity index is 1.52. The second-order valence-corrected chi connectivity index (χ2v) is 8.09. The number of hydrogen-bond donors (Lipinski definition) is 0. The summed E-state index contributed by atoms with van der Waals surface area (Å²) in [7, 11) is 4.01. The molecule has 1 aromatic heterocycles. The third kappa shape index (κ3) is 3.13. The summed E-state index contributed by atoms with van der Waals surface area (Å²) >= 11 is 1.77. The molecule has 0 fully saturated rings. The van der Waals surface area contributed by atoms with E-state index in [1.54, 1.807) is 16.2 Å². The van der Waals surface area contributed by atoms with Gasteiger partial charge in [0, 0.05) is 25.7 Å². The van der Waals surface area contributed by atoms with Gasteiger partial charge in [-0.2, -0.15) is 0 Å². The molecule has 0 bridgehead atoms. The van der Waals surface area contributed by atoms with Crippen LogP contribution < -0.4 is 4.90 Å². The molecule has 2 heterocycles. The Labute approximate surface area is 158 Å². The fourth-order valence-corrected chi connectivity index (χ4v) is 4.58. The molecule has 1 aliphatic rings. The molecule has 3 aromatic rings. The van der Waals surface area contributed by atoms with E-state index in [1.807, 2.05) is 13.1 Å². The first-order chi connectivity index (χ1) is 12.5. The summed E-state index contributed by atoms with van der Waals surface area (Å²) in [6, 6.07) is 15.0. The fraction of sp³-hybridized carbons (Fsp3) is 0.333. The molecule has 1 atom stereocenters. The summed E-state index contributed by atoms with van der Waals surface area (Å²) in [4.78, 5) is 20.8. The summed E-state index contributed by atoms with van der Waals surface area (Å²) < 4.78 is 1.24. The van der Waals surface area contributed by atoms with Crippen molar-refractivity contribution in [1.82, 2.24) is 9.88 Å². The standard InChI is InChI=1S/C21H23N3OS/c1-14(21-22-17-6-4-5-7-19(17)26-21)23(2)13-15-8-10-18-16(12-15)9-11-20(25)24(18)3/h4-8,10,12,14H,9,11,13H2,1-3H3. The third-order valence-electron chi connectivity index (χ3n) is 5.25. The highest BCUT2D eigenvalue weighted by atomic mass is 32.1. The van der Waals surface area contributed by atoms with Gasteiger partial charge >= 0.3 is 0 Å². The number of carbonyl (C=O) groups excluding carboxylic acids is 1. The van der Waals surface area contributed by atoms with Crippen LogP contribution in [0.25, 0.3) is 10.2 Å². The molecule has 0 radical (unpaired) electrons. The van der Waals surface area contributed by atoms with Gasteiger partial charge in [-0.15, -0.1) is 11.3 Å². The number of aromatic nitrogens is 1. The number of aryl methyl sites for hydroxylation is 1. The molecule has 0 N–H and O–H groups in total. The molecule has 0 saturated carbocycles. The van der Waals surface area contributed by atoms with Crippen LogP contribution in [0.4, 0.5) is 5.69 Å². The van der Waals surface area contributed by atoms with Crippen LogP contribution in [0, 0.1) is 0 Å². The molecular formula is C21H23N3OS. The molecule has 0 aliphatic carbocycles. The lowest BCUT2D eigenvalue weighted by Crippen LogP contribution is -2.31. The van der Waals surface area contributed by atoms with Crippen molar-refractivity contribution in [3.05, 3.63) is 58.6 Å². The maximum absolute atomic E-state index is 11.9. The predicted molar refractivity (Wildman–Crippen MR) is 108 cm³/mol. The third-order valence-corrected chi connectivity index (χ3v) is 6.46. The van der Waals surface area contributed by atoms with Crippen LogP contribution >= 0.6 is 11.3 Å². The first-order valence-corrected chi connectivity index (χ1v) is 9.78. The van der Waals surface area contributed by atoms with Crippen molar-refractivity contribution in [3.8, 4) is 0 Å². The lowest BCUT2D eigenvalue weighted by Gasteiger charge is -2.27. The minimum atomic E-state index is 0.201. The van der Waals surface area contributed by atoms with Crippen molar-refractivity contribution in [3.63, 3.8) is 0 Å². The molecular weight excluding hydrogens is 342 g/mol. The minimum Gasteiger partial charge on any atom is -0.315 e. The van der Waals surface area contributed by atoms with Crippen LogP contribution in [-0.4, -0.2) is 29.9 Å². The van der Waals surface area contributed by atoms with Crippen molar-refractivity contribution < 1.29 is 4.79 Å². The highest BCUT2D eigenvalue weighted by Gasteiger charge is 2.22. The summed E-state index contributed by atoms with van der Waals surface area (Å²) in [6.45, 7) is 3.07. The average Bonchev–Trinajstić information content (AvgIpc) is 3.08. The van der Waals surface area contributed by atoms with Crippen LogP contribution in [-0.2, 0) is 17.8 Å². The van der Waals surface area contributed by atoms with Gasteiger partial charge in [0.15, 0.2) is 0 Å². The Kier molecular flexibility index (Phi) is 4.51. The van der Waals surface area contributed by atoms with Gasteiger partial charge in [-0.05, 0) is 49.7 Å². The van der Waals surface area contributed by atoms with E-state index in [9.17, 15) is 4.79 Å². The van der Waals surface area contributed by atoms with Crippen molar-refractivity contribution in [2.75, 3.05) is 19.0 Å². The van der Waals surface area contributed by atoms with Gasteiger partial charge in [0.2, 0.25) is 5.91 Å². The molecule has 0 saturated heterocycles. The van der Waals surface area contributed by atoms with E-state index in [-0.39, 0.29) is 11.9 Å². The van der Waals surface area contributed by atoms with E-state index in [0.29, 0.717) is 6.42 Å². The quantitative estimate of drug-likeness (QED) is 0.688. The van der Waals surface area contributed by atoms with Gasteiger partial charge in [0.05, 0.1) is 16.3 Å². The lowest BCUT2D eigenvalue weighted by molar-refractivity contribution is -0.118. The number of thiazole rings is 1. The van der Waals surface area contributed by atoms with Crippen molar-refractivity contribution in [2.45, 2.75) is 32.4 Å². The molecule has 0 spiro atoms. The van der Waals surface area contributed by atoms with E-state index in [0.717, 1.165) is 29.2 Å². The predicted octanol–water partition coefficient (Wildman–Crippen LogP) is 4.40. The Morgan fingerprint density at radius 2 is 2.04 bits per heavy atom. The molecule has 1 amide bonds. The number of carbonyl (C=O) groups is 1. The van der Waals surface area contributed by atoms with E-state index in [4.69, 9.17) is 4.98 Å². The number of benzene rings is 2. The largest absolute Gasteiger partial charge is 0.315 e. The Morgan fingerprint density at radius 3 is 2.85 bits per heavy atom. The van der Waals surface area contributed by atoms with Gasteiger partial charge in [-0.3, -0.25) is 9.69 Å². The highest BCUT2D eigenvalue weighted by Crippen LogP contribution is 2.31. The highest BCUT2D eigenvalue weighted by molar-refractivity contribution is 7.18. The van der Waals surface area contributed by atoms with Crippen molar-refractivity contribution >= 4 is 33.1 Å². The normalized spacial score (nSPS) is 15.5. The van der Waals surface area contributed by atoms with Gasteiger partial charge in [-0.1, -0.05) is 24.3 Å². The van der Waals surface area contributed by atoms with Crippen molar-refractivity contribution in [2.24, 2.45) is 0 Å². The average molecular weight is 366 g/mol. The summed E-state index contributed by atoms with van der Waals surface area (Å²) in [5.74, 6) is 0.201. The Morgan fingerprint density at radius 1 is 1.23 bits per heavy atom. The number of amides is 1. The molecule has 134 valence electrons. The summed E-state index contributed by atoms with van der Waals surface area (Å²) in [5, 5.41) is 1.15. The number of hydrogen-bond acceptors (Lipinski definition) is 4. The number of fused-ring (bicyclic) bond motifs is 2. The smallest absolute Gasteiger partial charge is 0.227 e. The van der Waals surface area contributed by atoms with Crippen LogP contribution in [0.5, 0.6) is 0 Å². The van der Waals surface area contributed by atoms with E-state index in [2.05, 4.69) is 55.3 Å². The Bertz CT molecular complexity index is 932. The number of para-hydroxylation sites is 1. The van der Waals surface area contributed by atoms with Gasteiger partial charge in [0.25, 0.3) is 0 Å². The maximum Gasteiger partial charge on any atom is 0.227 e. The molecule has 26 heavy (non-hydrogen) atoms. The molecule has 4 nitrogen and oxygen atoms in total. The molecule has 4 rings (SSSR count). The first kappa shape index (κ1) is 17.2. The zero-order chi connectivity index (χ0) is 18.3. The number of nitrogens with zero attached hydrogens (tertiary/aromatic N) is 3. The van der Waals surface area contributed by atoms with Crippen LogP contribution in [0.15, 0.2) is 42.5 Å². The minimum absolute atomic E-state index is 0.201.